The molecule has 2 rings (SSSR count). The molecular weight excluding hydrogens is 385 g/mol. The predicted octanol–water partition coefficient (Wildman–Crippen LogP) is 5.36. The lowest BCUT2D eigenvalue weighted by atomic mass is 9.97. The van der Waals surface area contributed by atoms with Crippen molar-refractivity contribution < 1.29 is 4.39 Å². The van der Waals surface area contributed by atoms with Gasteiger partial charge in [-0.2, -0.15) is 0 Å². The Morgan fingerprint density at radius 3 is 2.60 bits per heavy atom. The fourth-order valence-corrected chi connectivity index (χ4v) is 3.09. The Labute approximate surface area is 135 Å². The molecule has 0 heterocycles. The Kier molecular flexibility index (Phi) is 5.35. The maximum absolute atomic E-state index is 14.2. The molecular formula is C16H16Br2FN. The molecule has 2 aromatic carbocycles. The molecule has 2 aromatic rings. The van der Waals surface area contributed by atoms with Crippen molar-refractivity contribution >= 4 is 31.9 Å². The van der Waals surface area contributed by atoms with Gasteiger partial charge in [0.15, 0.2) is 0 Å². The summed E-state index contributed by atoms with van der Waals surface area (Å²) in [5.74, 6) is -0.201. The fraction of sp³-hybridized carbons (Fsp3) is 0.250. The molecule has 0 saturated heterocycles. The van der Waals surface area contributed by atoms with E-state index in [4.69, 9.17) is 0 Å². The molecule has 106 valence electrons. The van der Waals surface area contributed by atoms with Crippen LogP contribution in [0.2, 0.25) is 0 Å². The van der Waals surface area contributed by atoms with Crippen molar-refractivity contribution in [3.05, 3.63) is 67.9 Å². The van der Waals surface area contributed by atoms with Gasteiger partial charge in [-0.25, -0.2) is 4.39 Å². The van der Waals surface area contributed by atoms with Gasteiger partial charge in [0, 0.05) is 14.5 Å². The van der Waals surface area contributed by atoms with Crippen LogP contribution in [0.15, 0.2) is 45.3 Å². The van der Waals surface area contributed by atoms with Gasteiger partial charge < -0.3 is 5.32 Å². The summed E-state index contributed by atoms with van der Waals surface area (Å²) in [7, 11) is 0. The van der Waals surface area contributed by atoms with Gasteiger partial charge in [-0.1, -0.05) is 57.0 Å². The van der Waals surface area contributed by atoms with E-state index in [1.165, 1.54) is 6.07 Å². The first-order valence-corrected chi connectivity index (χ1v) is 8.06. The van der Waals surface area contributed by atoms with E-state index >= 15 is 0 Å². The highest BCUT2D eigenvalue weighted by Crippen LogP contribution is 2.33. The lowest BCUT2D eigenvalue weighted by Crippen LogP contribution is -2.23. The number of hydrogen-bond acceptors (Lipinski definition) is 1. The Hall–Kier alpha value is -0.710. The van der Waals surface area contributed by atoms with Crippen LogP contribution < -0.4 is 5.32 Å². The summed E-state index contributed by atoms with van der Waals surface area (Å²) in [5.41, 5.74) is 2.83. The summed E-state index contributed by atoms with van der Waals surface area (Å²) >= 11 is 7.03. The minimum atomic E-state index is -0.201. The normalized spacial score (nSPS) is 12.4. The lowest BCUT2D eigenvalue weighted by Gasteiger charge is -2.22. The van der Waals surface area contributed by atoms with E-state index < -0.39 is 0 Å². The van der Waals surface area contributed by atoms with Crippen LogP contribution in [0.1, 0.15) is 29.7 Å². The Bertz CT molecular complexity index is 611. The third-order valence-corrected chi connectivity index (χ3v) is 4.79. The van der Waals surface area contributed by atoms with Gasteiger partial charge in [0.2, 0.25) is 0 Å². The first-order valence-electron chi connectivity index (χ1n) is 6.48. The molecule has 0 amide bonds. The molecule has 0 aliphatic rings. The lowest BCUT2D eigenvalue weighted by molar-refractivity contribution is 0.557. The van der Waals surface area contributed by atoms with Gasteiger partial charge in [0.1, 0.15) is 5.82 Å². The number of nitrogens with one attached hydrogen (secondary N) is 1. The van der Waals surface area contributed by atoms with E-state index in [9.17, 15) is 4.39 Å². The summed E-state index contributed by atoms with van der Waals surface area (Å²) in [6.45, 7) is 4.82. The van der Waals surface area contributed by atoms with Crippen molar-refractivity contribution in [3.63, 3.8) is 0 Å². The zero-order valence-corrected chi connectivity index (χ0v) is 14.6. The minimum Gasteiger partial charge on any atom is -0.306 e. The minimum absolute atomic E-state index is 0.174. The quantitative estimate of drug-likeness (QED) is 0.728. The van der Waals surface area contributed by atoms with Crippen LogP contribution >= 0.6 is 31.9 Å². The van der Waals surface area contributed by atoms with Crippen LogP contribution in [0.3, 0.4) is 0 Å². The van der Waals surface area contributed by atoms with Gasteiger partial charge in [0.05, 0.1) is 6.04 Å². The molecule has 4 heteroatoms. The zero-order valence-electron chi connectivity index (χ0n) is 11.4. The molecule has 0 fully saturated rings. The van der Waals surface area contributed by atoms with Crippen molar-refractivity contribution in [2.24, 2.45) is 0 Å². The molecule has 0 aliphatic heterocycles. The van der Waals surface area contributed by atoms with Crippen LogP contribution in [-0.2, 0) is 0 Å². The molecule has 1 unspecified atom stereocenters. The maximum Gasteiger partial charge on any atom is 0.128 e. The van der Waals surface area contributed by atoms with Crippen molar-refractivity contribution in [1.29, 1.82) is 0 Å². The first-order chi connectivity index (χ1) is 9.54. The predicted molar refractivity (Wildman–Crippen MR) is 88.5 cm³/mol. The summed E-state index contributed by atoms with van der Waals surface area (Å²) in [5, 5.41) is 3.36. The van der Waals surface area contributed by atoms with Crippen molar-refractivity contribution in [1.82, 2.24) is 5.32 Å². The van der Waals surface area contributed by atoms with E-state index in [1.54, 1.807) is 6.07 Å². The molecule has 0 spiro atoms. The van der Waals surface area contributed by atoms with Gasteiger partial charge >= 0.3 is 0 Å². The van der Waals surface area contributed by atoms with Crippen molar-refractivity contribution in [2.45, 2.75) is 19.9 Å². The molecule has 0 saturated carbocycles. The molecule has 1 nitrogen and oxygen atoms in total. The molecule has 0 aromatic heterocycles. The average Bonchev–Trinajstić information content (AvgIpc) is 2.43. The Morgan fingerprint density at radius 2 is 1.90 bits per heavy atom. The topological polar surface area (TPSA) is 12.0 Å². The van der Waals surface area contributed by atoms with Crippen LogP contribution in [0, 0.1) is 12.7 Å². The largest absolute Gasteiger partial charge is 0.306 e. The highest BCUT2D eigenvalue weighted by Gasteiger charge is 2.20. The summed E-state index contributed by atoms with van der Waals surface area (Å²) < 4.78 is 16.1. The molecule has 0 radical (unpaired) electrons. The average molecular weight is 401 g/mol. The number of hydrogen-bond donors (Lipinski definition) is 1. The highest BCUT2D eigenvalue weighted by atomic mass is 79.9. The monoisotopic (exact) mass is 399 g/mol. The van der Waals surface area contributed by atoms with E-state index in [1.807, 2.05) is 38.1 Å². The summed E-state index contributed by atoms with van der Waals surface area (Å²) in [4.78, 5) is 0. The van der Waals surface area contributed by atoms with Crippen LogP contribution in [0.4, 0.5) is 4.39 Å². The van der Waals surface area contributed by atoms with Crippen molar-refractivity contribution in [3.8, 4) is 0 Å². The molecule has 0 aliphatic carbocycles. The second-order valence-corrected chi connectivity index (χ2v) is 6.34. The molecule has 20 heavy (non-hydrogen) atoms. The fourth-order valence-electron chi connectivity index (χ4n) is 2.22. The van der Waals surface area contributed by atoms with E-state index in [2.05, 4.69) is 37.2 Å². The number of rotatable bonds is 4. The second kappa shape index (κ2) is 6.83. The number of benzene rings is 2. The Morgan fingerprint density at radius 1 is 1.15 bits per heavy atom. The maximum atomic E-state index is 14.2. The zero-order chi connectivity index (χ0) is 14.7. The van der Waals surface area contributed by atoms with Gasteiger partial charge in [-0.05, 0) is 42.8 Å². The van der Waals surface area contributed by atoms with Crippen LogP contribution in [0.5, 0.6) is 0 Å². The third-order valence-electron chi connectivity index (χ3n) is 3.21. The third kappa shape index (κ3) is 3.30. The Balaban J connectivity index is 2.56. The number of aryl methyl sites for hydroxylation is 1. The first kappa shape index (κ1) is 15.7. The summed E-state index contributed by atoms with van der Waals surface area (Å²) in [6.07, 6.45) is 0. The molecule has 0 bridgehead atoms. The van der Waals surface area contributed by atoms with Gasteiger partial charge in [-0.15, -0.1) is 0 Å². The SMILES string of the molecule is CCNC(c1cc(Br)ccc1F)c1cccc(C)c1Br. The summed E-state index contributed by atoms with van der Waals surface area (Å²) in [6, 6.07) is 10.9. The second-order valence-electron chi connectivity index (χ2n) is 4.63. The van der Waals surface area contributed by atoms with Gasteiger partial charge in [0.25, 0.3) is 0 Å². The van der Waals surface area contributed by atoms with Crippen LogP contribution in [-0.4, -0.2) is 6.54 Å². The highest BCUT2D eigenvalue weighted by molar-refractivity contribution is 9.10. The van der Waals surface area contributed by atoms with E-state index in [0.717, 1.165) is 26.6 Å². The smallest absolute Gasteiger partial charge is 0.128 e. The van der Waals surface area contributed by atoms with Gasteiger partial charge in [-0.3, -0.25) is 0 Å². The standard InChI is InChI=1S/C16H16Br2FN/c1-3-20-16(12-6-4-5-10(2)15(12)18)13-9-11(17)7-8-14(13)19/h4-9,16,20H,3H2,1-2H3. The van der Waals surface area contributed by atoms with E-state index in [-0.39, 0.29) is 11.9 Å². The van der Waals surface area contributed by atoms with Crippen LogP contribution in [0.25, 0.3) is 0 Å². The number of halogens is 3. The van der Waals surface area contributed by atoms with E-state index in [0.29, 0.717) is 5.56 Å². The van der Waals surface area contributed by atoms with Crippen molar-refractivity contribution in [2.75, 3.05) is 6.54 Å². The molecule has 1 N–H and O–H groups in total. The molecule has 1 atom stereocenters.